The average Bonchev–Trinajstić information content (AvgIpc) is 2.50. The van der Waals surface area contributed by atoms with Crippen LogP contribution in [0.2, 0.25) is 0 Å². The van der Waals surface area contributed by atoms with Crippen molar-refractivity contribution in [3.8, 4) is 0 Å². The molecule has 0 bridgehead atoms. The molecule has 1 N–H and O–H groups in total. The van der Waals surface area contributed by atoms with E-state index in [0.29, 0.717) is 0 Å². The third kappa shape index (κ3) is 10.4. The van der Waals surface area contributed by atoms with Gasteiger partial charge < -0.3 is 9.29 Å². The molecular formula is C10H8Cl6F2O11S. The summed E-state index contributed by atoms with van der Waals surface area (Å²) in [5.41, 5.74) is 0. The van der Waals surface area contributed by atoms with Crippen molar-refractivity contribution in [2.45, 2.75) is 25.7 Å². The van der Waals surface area contributed by atoms with E-state index in [1.165, 1.54) is 0 Å². The highest BCUT2D eigenvalue weighted by molar-refractivity contribution is 7.86. The maximum absolute atomic E-state index is 14.2. The van der Waals surface area contributed by atoms with E-state index < -0.39 is 60.3 Å². The van der Waals surface area contributed by atoms with Crippen LogP contribution in [0, 0.1) is 0 Å². The van der Waals surface area contributed by atoms with Gasteiger partial charge in [0.2, 0.25) is 6.10 Å². The summed E-state index contributed by atoms with van der Waals surface area (Å²) in [6, 6.07) is 0. The van der Waals surface area contributed by atoms with Gasteiger partial charge in [0.15, 0.2) is 0 Å². The minimum Gasteiger partial charge on any atom is -0.387 e. The van der Waals surface area contributed by atoms with Crippen LogP contribution >= 0.6 is 69.6 Å². The Kier molecular flexibility index (Phi) is 11.1. The predicted molar refractivity (Wildman–Crippen MR) is 95.5 cm³/mol. The topological polar surface area (TPSA) is 152 Å². The molecule has 0 spiro atoms. The molecule has 0 aromatic heterocycles. The van der Waals surface area contributed by atoms with Crippen molar-refractivity contribution in [1.82, 2.24) is 0 Å². The van der Waals surface area contributed by atoms with Gasteiger partial charge in [0.05, 0.1) is 6.26 Å². The van der Waals surface area contributed by atoms with Gasteiger partial charge in [-0.2, -0.15) is 27.0 Å². The fourth-order valence-corrected chi connectivity index (χ4v) is 1.69. The lowest BCUT2D eigenvalue weighted by Crippen LogP contribution is -2.53. The molecule has 0 fully saturated rings. The number of aliphatic hydroxyl groups is 1. The molecule has 0 amide bonds. The van der Waals surface area contributed by atoms with E-state index >= 15 is 0 Å². The van der Waals surface area contributed by atoms with Gasteiger partial charge >= 0.3 is 33.9 Å². The molecule has 0 saturated carbocycles. The zero-order chi connectivity index (χ0) is 24.1. The van der Waals surface area contributed by atoms with Crippen molar-refractivity contribution in [3.63, 3.8) is 0 Å². The fraction of sp³-hybridized carbons (Fsp3) is 0.700. The van der Waals surface area contributed by atoms with Crippen LogP contribution in [-0.2, 0) is 48.2 Å². The number of aliphatic hydroxyl groups excluding tert-OH is 1. The first-order valence-corrected chi connectivity index (χ1v) is 10.6. The molecule has 0 heterocycles. The molecule has 0 aliphatic carbocycles. The quantitative estimate of drug-likeness (QED) is 0.181. The summed E-state index contributed by atoms with van der Waals surface area (Å²) in [4.78, 5) is 49.5. The molecule has 0 radical (unpaired) electrons. The van der Waals surface area contributed by atoms with Gasteiger partial charge in [0.25, 0.3) is 7.59 Å². The number of hydrogen-bond donors (Lipinski definition) is 1. The van der Waals surface area contributed by atoms with Gasteiger partial charge in [-0.3, -0.25) is 9.78 Å². The van der Waals surface area contributed by atoms with Gasteiger partial charge in [-0.25, -0.2) is 14.4 Å². The van der Waals surface area contributed by atoms with Gasteiger partial charge in [-0.05, 0) is 0 Å². The first kappa shape index (κ1) is 29.8. The smallest absolute Gasteiger partial charge is 0.387 e. The first-order chi connectivity index (χ1) is 13.2. The van der Waals surface area contributed by atoms with E-state index in [0.717, 1.165) is 0 Å². The maximum atomic E-state index is 14.2. The van der Waals surface area contributed by atoms with E-state index in [9.17, 15) is 36.7 Å². The van der Waals surface area contributed by atoms with Crippen LogP contribution in [0.15, 0.2) is 0 Å². The number of hydrogen-bond acceptors (Lipinski definition) is 11. The molecule has 2 atom stereocenters. The zero-order valence-electron chi connectivity index (χ0n) is 13.8. The molecule has 176 valence electrons. The summed E-state index contributed by atoms with van der Waals surface area (Å²) >= 11 is 30.7. The summed E-state index contributed by atoms with van der Waals surface area (Å²) < 4.78 is 48.3. The number of rotatable bonds is 9. The molecule has 20 heteroatoms. The van der Waals surface area contributed by atoms with E-state index in [-0.39, 0.29) is 6.26 Å². The Labute approximate surface area is 196 Å². The molecule has 0 saturated heterocycles. The van der Waals surface area contributed by atoms with Crippen LogP contribution in [0.3, 0.4) is 0 Å². The highest BCUT2D eigenvalue weighted by Gasteiger charge is 2.56. The summed E-state index contributed by atoms with van der Waals surface area (Å²) in [5, 5.41) is 9.76. The molecule has 0 unspecified atom stereocenters. The molecule has 0 aromatic carbocycles. The van der Waals surface area contributed by atoms with Crippen LogP contribution in [0.1, 0.15) is 0 Å². The van der Waals surface area contributed by atoms with Crippen LogP contribution in [0.5, 0.6) is 0 Å². The second-order valence-electron chi connectivity index (χ2n) is 4.80. The van der Waals surface area contributed by atoms with Crippen molar-refractivity contribution >= 4 is 97.6 Å². The second kappa shape index (κ2) is 11.1. The Morgan fingerprint density at radius 3 is 1.77 bits per heavy atom. The zero-order valence-corrected chi connectivity index (χ0v) is 19.2. The maximum Gasteiger partial charge on any atom is 0.395 e. The lowest BCUT2D eigenvalue weighted by molar-refractivity contribution is -0.356. The number of halogens is 8. The molecule has 0 aliphatic rings. The Balaban J connectivity index is 5.47. The third-order valence-corrected chi connectivity index (χ3v) is 3.65. The summed E-state index contributed by atoms with van der Waals surface area (Å²) in [5.74, 6) is -11.4. The van der Waals surface area contributed by atoms with Crippen molar-refractivity contribution < 1.29 is 60.4 Å². The Morgan fingerprint density at radius 2 is 1.37 bits per heavy atom. The van der Waals surface area contributed by atoms with Crippen molar-refractivity contribution in [1.29, 1.82) is 0 Å². The molecule has 11 nitrogen and oxygen atoms in total. The van der Waals surface area contributed by atoms with Crippen LogP contribution in [-0.4, -0.2) is 70.0 Å². The van der Waals surface area contributed by atoms with Gasteiger partial charge in [-0.15, -0.1) is 0 Å². The van der Waals surface area contributed by atoms with Crippen LogP contribution in [0.4, 0.5) is 8.78 Å². The van der Waals surface area contributed by atoms with Crippen molar-refractivity contribution in [2.24, 2.45) is 0 Å². The predicted octanol–water partition coefficient (Wildman–Crippen LogP) is 1.54. The van der Waals surface area contributed by atoms with Crippen LogP contribution < -0.4 is 0 Å². The van der Waals surface area contributed by atoms with Gasteiger partial charge in [0, 0.05) is 0 Å². The van der Waals surface area contributed by atoms with E-state index in [4.69, 9.17) is 69.6 Å². The standard InChI is InChI=1S/C10H8Cl6F2O11S/c1-30(23,24)29-5(20)8(17,18)4(26-28-7(22)10(14,15)16)3(19)2-25-27-6(21)9(11,12)13/h3-4,19H,2H2,1H3/t3-,4-/m1/s1. The molecular weight excluding hydrogens is 579 g/mol. The number of alkyl halides is 8. The second-order valence-corrected chi connectivity index (χ2v) is 10.9. The lowest BCUT2D eigenvalue weighted by atomic mass is 10.1. The lowest BCUT2D eigenvalue weighted by Gasteiger charge is -2.27. The summed E-state index contributed by atoms with van der Waals surface area (Å²) in [6.07, 6.45) is -5.69. The van der Waals surface area contributed by atoms with Crippen molar-refractivity contribution in [2.75, 3.05) is 12.9 Å². The third-order valence-electron chi connectivity index (χ3n) is 2.27. The largest absolute Gasteiger partial charge is 0.395 e. The molecule has 30 heavy (non-hydrogen) atoms. The molecule has 0 rings (SSSR count). The average molecular weight is 587 g/mol. The van der Waals surface area contributed by atoms with E-state index in [2.05, 4.69) is 23.7 Å². The summed E-state index contributed by atoms with van der Waals surface area (Å²) in [7, 11) is -4.75. The normalized spacial score (nSPS) is 15.1. The molecule has 0 aromatic rings. The molecule has 0 aliphatic heterocycles. The first-order valence-electron chi connectivity index (χ1n) is 6.54. The highest BCUT2D eigenvalue weighted by atomic mass is 35.6. The highest BCUT2D eigenvalue weighted by Crippen LogP contribution is 2.31. The number of carbonyl (C=O) groups is 3. The van der Waals surface area contributed by atoms with Crippen molar-refractivity contribution in [3.05, 3.63) is 0 Å². The van der Waals surface area contributed by atoms with Gasteiger partial charge in [-0.1, -0.05) is 69.6 Å². The fourth-order valence-electron chi connectivity index (χ4n) is 1.11. The SMILES string of the molecule is CS(=O)(=O)OC(=O)C(F)(F)[C@H](OOC(=O)C(Cl)(Cl)Cl)[C@H](O)COOC(=O)C(Cl)(Cl)Cl. The minimum atomic E-state index is -5.03. The van der Waals surface area contributed by atoms with Gasteiger partial charge in [0.1, 0.15) is 12.7 Å². The Morgan fingerprint density at radius 1 is 0.933 bits per heavy atom. The van der Waals surface area contributed by atoms with E-state index in [1.807, 2.05) is 0 Å². The monoisotopic (exact) mass is 584 g/mol. The Bertz CT molecular complexity index is 751. The summed E-state index contributed by atoms with van der Waals surface area (Å²) in [6.45, 7) is -1.43. The minimum absolute atomic E-state index is 0.245. The van der Waals surface area contributed by atoms with Crippen LogP contribution in [0.25, 0.3) is 0 Å². The van der Waals surface area contributed by atoms with E-state index in [1.54, 1.807) is 0 Å². The number of carbonyl (C=O) groups excluding carboxylic acids is 3. The Hall–Kier alpha value is -0.160.